The third-order valence-electron chi connectivity index (χ3n) is 3.84. The number of rotatable bonds is 7. The van der Waals surface area contributed by atoms with Crippen molar-refractivity contribution >= 4 is 34.6 Å². The van der Waals surface area contributed by atoms with E-state index in [1.165, 1.54) is 18.9 Å². The number of thioether (sulfide) groups is 1. The Morgan fingerprint density at radius 2 is 1.85 bits per heavy atom. The largest absolute Gasteiger partial charge is 0.497 e. The van der Waals surface area contributed by atoms with Crippen LogP contribution < -0.4 is 4.74 Å². The Kier molecular flexibility index (Phi) is 7.02. The van der Waals surface area contributed by atoms with Gasteiger partial charge in [-0.3, -0.25) is 9.59 Å². The summed E-state index contributed by atoms with van der Waals surface area (Å²) in [5, 5.41) is 10.6. The number of nitriles is 1. The van der Waals surface area contributed by atoms with Crippen molar-refractivity contribution in [2.24, 2.45) is 0 Å². The Hall–Kier alpha value is -2.79. The fraction of sp³-hybridized carbons (Fsp3) is 0.368. The number of esters is 2. The van der Waals surface area contributed by atoms with E-state index >= 15 is 0 Å². The fourth-order valence-electron chi connectivity index (χ4n) is 2.71. The number of methoxy groups -OCH3 is 1. The van der Waals surface area contributed by atoms with Crippen LogP contribution in [0.1, 0.15) is 30.9 Å². The average molecular weight is 388 g/mol. The SMILES string of the molecule is CCOC(=O)C(C(=O)OCC)c1c(C#N)c(SC)nc2cc(OC)ccc12. The Morgan fingerprint density at radius 1 is 1.22 bits per heavy atom. The van der Waals surface area contributed by atoms with Crippen LogP contribution in [0.2, 0.25) is 0 Å². The van der Waals surface area contributed by atoms with Crippen LogP contribution in [0.4, 0.5) is 0 Å². The maximum Gasteiger partial charge on any atom is 0.324 e. The molecule has 27 heavy (non-hydrogen) atoms. The van der Waals surface area contributed by atoms with Crippen LogP contribution in [-0.2, 0) is 19.1 Å². The standard InChI is InChI=1S/C19H20N2O5S/c1-5-25-18(22)16(19(23)26-6-2)15-12-8-7-11(24-3)9-14(12)21-17(27-4)13(15)10-20/h7-9,16H,5-6H2,1-4H3. The van der Waals surface area contributed by atoms with E-state index in [2.05, 4.69) is 11.1 Å². The van der Waals surface area contributed by atoms with Gasteiger partial charge in [0, 0.05) is 17.0 Å². The second-order valence-electron chi connectivity index (χ2n) is 5.34. The number of pyridine rings is 1. The molecule has 0 radical (unpaired) electrons. The van der Waals surface area contributed by atoms with Gasteiger partial charge < -0.3 is 14.2 Å². The van der Waals surface area contributed by atoms with Crippen molar-refractivity contribution in [1.82, 2.24) is 4.98 Å². The van der Waals surface area contributed by atoms with Gasteiger partial charge in [0.05, 0.1) is 31.4 Å². The van der Waals surface area contributed by atoms with E-state index in [9.17, 15) is 14.9 Å². The minimum absolute atomic E-state index is 0.100. The summed E-state index contributed by atoms with van der Waals surface area (Å²) < 4.78 is 15.4. The molecule has 0 saturated carbocycles. The lowest BCUT2D eigenvalue weighted by molar-refractivity contribution is -0.156. The molecule has 8 heteroatoms. The van der Waals surface area contributed by atoms with Gasteiger partial charge in [0.2, 0.25) is 0 Å². The van der Waals surface area contributed by atoms with Crippen LogP contribution in [-0.4, -0.2) is 43.5 Å². The highest BCUT2D eigenvalue weighted by molar-refractivity contribution is 7.98. The van der Waals surface area contributed by atoms with Crippen LogP contribution in [0.3, 0.4) is 0 Å². The number of carbonyl (C=O) groups is 2. The summed E-state index contributed by atoms with van der Waals surface area (Å²) in [7, 11) is 1.53. The third kappa shape index (κ3) is 4.14. The van der Waals surface area contributed by atoms with Gasteiger partial charge >= 0.3 is 11.9 Å². The lowest BCUT2D eigenvalue weighted by atomic mass is 9.91. The van der Waals surface area contributed by atoms with Gasteiger partial charge in [0.1, 0.15) is 16.8 Å². The van der Waals surface area contributed by atoms with Crippen LogP contribution in [0.15, 0.2) is 23.2 Å². The zero-order valence-electron chi connectivity index (χ0n) is 15.6. The number of ether oxygens (including phenoxy) is 3. The minimum atomic E-state index is -1.37. The zero-order chi connectivity index (χ0) is 20.0. The zero-order valence-corrected chi connectivity index (χ0v) is 16.4. The minimum Gasteiger partial charge on any atom is -0.497 e. The Bertz CT molecular complexity index is 889. The van der Waals surface area contributed by atoms with Crippen LogP contribution in [0.5, 0.6) is 5.75 Å². The number of fused-ring (bicyclic) bond motifs is 1. The number of aromatic nitrogens is 1. The maximum absolute atomic E-state index is 12.6. The summed E-state index contributed by atoms with van der Waals surface area (Å²) in [5.41, 5.74) is 0.906. The Balaban J connectivity index is 2.86. The van der Waals surface area contributed by atoms with Gasteiger partial charge in [-0.25, -0.2) is 4.98 Å². The molecule has 7 nitrogen and oxygen atoms in total. The van der Waals surface area contributed by atoms with E-state index < -0.39 is 17.9 Å². The van der Waals surface area contributed by atoms with E-state index in [0.717, 1.165) is 0 Å². The van der Waals surface area contributed by atoms with Crippen molar-refractivity contribution in [3.63, 3.8) is 0 Å². The molecule has 0 spiro atoms. The molecular formula is C19H20N2O5S. The molecule has 0 aliphatic rings. The number of carbonyl (C=O) groups excluding carboxylic acids is 2. The van der Waals surface area contributed by atoms with Crippen molar-refractivity contribution < 1.29 is 23.8 Å². The van der Waals surface area contributed by atoms with E-state index in [1.54, 1.807) is 38.3 Å². The topological polar surface area (TPSA) is 98.5 Å². The van der Waals surface area contributed by atoms with Gasteiger partial charge in [-0.15, -0.1) is 11.8 Å². The van der Waals surface area contributed by atoms with E-state index in [1.807, 2.05) is 0 Å². The number of benzene rings is 1. The molecule has 0 saturated heterocycles. The van der Waals surface area contributed by atoms with E-state index in [-0.39, 0.29) is 24.3 Å². The highest BCUT2D eigenvalue weighted by Crippen LogP contribution is 2.36. The van der Waals surface area contributed by atoms with Crippen molar-refractivity contribution in [2.45, 2.75) is 24.8 Å². The van der Waals surface area contributed by atoms with Gasteiger partial charge in [0.25, 0.3) is 0 Å². The molecule has 0 bridgehead atoms. The number of hydrogen-bond donors (Lipinski definition) is 0. The Labute approximate surface area is 161 Å². The smallest absolute Gasteiger partial charge is 0.324 e. The predicted octanol–water partition coefficient (Wildman–Crippen LogP) is 3.05. The molecule has 0 N–H and O–H groups in total. The van der Waals surface area contributed by atoms with Crippen LogP contribution in [0, 0.1) is 11.3 Å². The molecule has 1 aromatic carbocycles. The van der Waals surface area contributed by atoms with Crippen molar-refractivity contribution in [2.75, 3.05) is 26.6 Å². The monoisotopic (exact) mass is 388 g/mol. The van der Waals surface area contributed by atoms with Gasteiger partial charge in [-0.2, -0.15) is 5.26 Å². The number of nitrogens with zero attached hydrogens (tertiary/aromatic N) is 2. The molecule has 2 aromatic rings. The van der Waals surface area contributed by atoms with Crippen LogP contribution >= 0.6 is 11.8 Å². The molecule has 1 heterocycles. The van der Waals surface area contributed by atoms with Gasteiger partial charge in [-0.1, -0.05) is 0 Å². The lowest BCUT2D eigenvalue weighted by Crippen LogP contribution is -2.27. The summed E-state index contributed by atoms with van der Waals surface area (Å²) in [6.07, 6.45) is 1.77. The third-order valence-corrected chi connectivity index (χ3v) is 4.52. The Morgan fingerprint density at radius 3 is 2.33 bits per heavy atom. The van der Waals surface area contributed by atoms with Crippen molar-refractivity contribution in [3.05, 3.63) is 29.3 Å². The molecular weight excluding hydrogens is 368 g/mol. The van der Waals surface area contributed by atoms with E-state index in [4.69, 9.17) is 14.2 Å². The fourth-order valence-corrected chi connectivity index (χ4v) is 3.26. The highest BCUT2D eigenvalue weighted by atomic mass is 32.2. The highest BCUT2D eigenvalue weighted by Gasteiger charge is 2.36. The first-order chi connectivity index (χ1) is 13.0. The summed E-state index contributed by atoms with van der Waals surface area (Å²) in [5.74, 6) is -2.32. The second-order valence-corrected chi connectivity index (χ2v) is 6.14. The quantitative estimate of drug-likeness (QED) is 0.405. The lowest BCUT2D eigenvalue weighted by Gasteiger charge is -2.19. The normalized spacial score (nSPS) is 10.5. The van der Waals surface area contributed by atoms with Crippen molar-refractivity contribution in [1.29, 1.82) is 5.26 Å². The van der Waals surface area contributed by atoms with Crippen LogP contribution in [0.25, 0.3) is 10.9 Å². The second kappa shape index (κ2) is 9.24. The molecule has 0 atom stereocenters. The molecule has 1 aromatic heterocycles. The molecule has 2 rings (SSSR count). The molecule has 0 aliphatic carbocycles. The summed E-state index contributed by atoms with van der Waals surface area (Å²) >= 11 is 1.25. The molecule has 0 amide bonds. The summed E-state index contributed by atoms with van der Waals surface area (Å²) in [6, 6.07) is 7.12. The average Bonchev–Trinajstić information content (AvgIpc) is 2.67. The summed E-state index contributed by atoms with van der Waals surface area (Å²) in [4.78, 5) is 29.7. The molecule has 142 valence electrons. The van der Waals surface area contributed by atoms with E-state index in [0.29, 0.717) is 21.7 Å². The molecule has 0 fully saturated rings. The maximum atomic E-state index is 12.6. The molecule has 0 unspecified atom stereocenters. The first kappa shape index (κ1) is 20.5. The first-order valence-corrected chi connectivity index (χ1v) is 9.53. The predicted molar refractivity (Wildman–Crippen MR) is 101 cm³/mol. The molecule has 0 aliphatic heterocycles. The first-order valence-electron chi connectivity index (χ1n) is 8.31. The van der Waals surface area contributed by atoms with Gasteiger partial charge in [-0.05, 0) is 32.2 Å². The van der Waals surface area contributed by atoms with Crippen molar-refractivity contribution in [3.8, 4) is 11.8 Å². The number of hydrogen-bond acceptors (Lipinski definition) is 8. The summed E-state index contributed by atoms with van der Waals surface area (Å²) in [6.45, 7) is 3.49. The van der Waals surface area contributed by atoms with Gasteiger partial charge in [0.15, 0.2) is 5.92 Å².